The van der Waals surface area contributed by atoms with E-state index in [1.807, 2.05) is 18.2 Å². The van der Waals surface area contributed by atoms with Gasteiger partial charge in [0.1, 0.15) is 0 Å². The van der Waals surface area contributed by atoms with E-state index in [9.17, 15) is 9.90 Å². The number of aliphatic carboxylic acids is 1. The fourth-order valence-corrected chi connectivity index (χ4v) is 2.41. The number of allylic oxidation sites excluding steroid dienone is 3. The topological polar surface area (TPSA) is 57.5 Å². The van der Waals surface area contributed by atoms with Crippen molar-refractivity contribution in [3.05, 3.63) is 59.7 Å². The van der Waals surface area contributed by atoms with Gasteiger partial charge in [-0.1, -0.05) is 61.1 Å². The third-order valence-electron chi connectivity index (χ3n) is 3.39. The van der Waals surface area contributed by atoms with Crippen molar-refractivity contribution in [1.29, 1.82) is 0 Å². The molecule has 2 N–H and O–H groups in total. The summed E-state index contributed by atoms with van der Waals surface area (Å²) in [6.45, 7) is 4.30. The number of hydrogen-bond acceptors (Lipinski definition) is 2. The van der Waals surface area contributed by atoms with Gasteiger partial charge in [0, 0.05) is 0 Å². The van der Waals surface area contributed by atoms with Crippen LogP contribution in [-0.4, -0.2) is 22.3 Å². The molecule has 22 heavy (non-hydrogen) atoms. The van der Waals surface area contributed by atoms with Crippen molar-refractivity contribution in [2.24, 2.45) is 5.92 Å². The van der Waals surface area contributed by atoms with Gasteiger partial charge < -0.3 is 10.2 Å². The number of rotatable bonds is 9. The zero-order chi connectivity index (χ0) is 16.4. The first-order valence-electron chi connectivity index (χ1n) is 7.73. The Morgan fingerprint density at radius 1 is 1.23 bits per heavy atom. The van der Waals surface area contributed by atoms with E-state index in [0.29, 0.717) is 12.3 Å². The van der Waals surface area contributed by atoms with Crippen molar-refractivity contribution in [1.82, 2.24) is 0 Å². The van der Waals surface area contributed by atoms with E-state index in [1.54, 1.807) is 0 Å². The summed E-state index contributed by atoms with van der Waals surface area (Å²) in [7, 11) is 0. The number of aliphatic hydroxyl groups excluding tert-OH is 1. The molecule has 1 rings (SSSR count). The minimum absolute atomic E-state index is 0.201. The van der Waals surface area contributed by atoms with Gasteiger partial charge in [0.15, 0.2) is 0 Å². The van der Waals surface area contributed by atoms with Gasteiger partial charge in [-0.2, -0.15) is 0 Å². The van der Waals surface area contributed by atoms with Crippen molar-refractivity contribution in [2.45, 2.75) is 45.6 Å². The molecule has 0 saturated carbocycles. The Bertz CT molecular complexity index is 503. The molecule has 1 aromatic rings. The number of aliphatic hydroxyl groups is 1. The van der Waals surface area contributed by atoms with Crippen LogP contribution in [-0.2, 0) is 11.2 Å². The van der Waals surface area contributed by atoms with Gasteiger partial charge in [-0.25, -0.2) is 0 Å². The van der Waals surface area contributed by atoms with E-state index in [0.717, 1.165) is 12.8 Å². The standard InChI is InChI=1S/C19H26O3/c1-15(8-6-7-11-18(20)14-19(21)22)12-16(2)13-17-9-4-3-5-10-17/h3-7,9-10,12,16,18,20H,8,11,13-14H2,1-2H3,(H,21,22)/b7-6-,15-12+/t16-,18+/m0/s1. The Balaban J connectivity index is 2.34. The summed E-state index contributed by atoms with van der Waals surface area (Å²) in [6, 6.07) is 10.4. The van der Waals surface area contributed by atoms with Crippen molar-refractivity contribution >= 4 is 5.97 Å². The lowest BCUT2D eigenvalue weighted by Crippen LogP contribution is -2.11. The Morgan fingerprint density at radius 2 is 1.91 bits per heavy atom. The van der Waals surface area contributed by atoms with Crippen LogP contribution in [0.25, 0.3) is 0 Å². The molecule has 0 amide bonds. The molecule has 0 saturated heterocycles. The van der Waals surface area contributed by atoms with Crippen LogP contribution >= 0.6 is 0 Å². The number of carbonyl (C=O) groups is 1. The highest BCUT2D eigenvalue weighted by molar-refractivity contribution is 5.67. The minimum atomic E-state index is -0.966. The van der Waals surface area contributed by atoms with Gasteiger partial charge in [-0.3, -0.25) is 4.79 Å². The molecular weight excluding hydrogens is 276 g/mol. The lowest BCUT2D eigenvalue weighted by molar-refractivity contribution is -0.139. The summed E-state index contributed by atoms with van der Waals surface area (Å²) in [5.41, 5.74) is 2.62. The fourth-order valence-electron chi connectivity index (χ4n) is 2.41. The van der Waals surface area contributed by atoms with Crippen LogP contribution < -0.4 is 0 Å². The molecule has 0 aliphatic carbocycles. The number of benzene rings is 1. The summed E-state index contributed by atoms with van der Waals surface area (Å²) >= 11 is 0. The van der Waals surface area contributed by atoms with Crippen molar-refractivity contribution in [2.75, 3.05) is 0 Å². The normalized spacial score (nSPS) is 15.0. The summed E-state index contributed by atoms with van der Waals surface area (Å²) < 4.78 is 0. The Hall–Kier alpha value is -1.87. The first-order chi connectivity index (χ1) is 10.5. The summed E-state index contributed by atoms with van der Waals surface area (Å²) in [4.78, 5) is 10.4. The van der Waals surface area contributed by atoms with E-state index in [1.165, 1.54) is 11.1 Å². The fraction of sp³-hybridized carbons (Fsp3) is 0.421. The summed E-state index contributed by atoms with van der Waals surface area (Å²) in [6.07, 6.45) is 7.36. The highest BCUT2D eigenvalue weighted by Gasteiger charge is 2.06. The average Bonchev–Trinajstić information content (AvgIpc) is 2.43. The highest BCUT2D eigenvalue weighted by atomic mass is 16.4. The third-order valence-corrected chi connectivity index (χ3v) is 3.39. The SMILES string of the molecule is C/C(=C\[C@H](C)Cc1ccccc1)C/C=C\C[C@@H](O)CC(=O)O. The predicted octanol–water partition coefficient (Wildman–Crippen LogP) is 3.98. The van der Waals surface area contributed by atoms with Gasteiger partial charge >= 0.3 is 5.97 Å². The zero-order valence-electron chi connectivity index (χ0n) is 13.4. The van der Waals surface area contributed by atoms with Crippen molar-refractivity contribution in [3.63, 3.8) is 0 Å². The molecule has 0 spiro atoms. The van der Waals surface area contributed by atoms with Crippen LogP contribution in [0, 0.1) is 5.92 Å². The largest absolute Gasteiger partial charge is 0.481 e. The van der Waals surface area contributed by atoms with Crippen LogP contribution in [0.3, 0.4) is 0 Å². The molecule has 120 valence electrons. The maximum atomic E-state index is 10.4. The van der Waals surface area contributed by atoms with Crippen LogP contribution in [0.1, 0.15) is 38.7 Å². The Kier molecular flexibility index (Phi) is 8.23. The summed E-state index contributed by atoms with van der Waals surface area (Å²) in [5, 5.41) is 18.0. The van der Waals surface area contributed by atoms with Crippen LogP contribution in [0.5, 0.6) is 0 Å². The van der Waals surface area contributed by atoms with Gasteiger partial charge in [-0.05, 0) is 37.7 Å². The van der Waals surface area contributed by atoms with Gasteiger partial charge in [0.25, 0.3) is 0 Å². The second kappa shape index (κ2) is 9.96. The van der Waals surface area contributed by atoms with E-state index in [4.69, 9.17) is 5.11 Å². The van der Waals surface area contributed by atoms with Gasteiger partial charge in [0.2, 0.25) is 0 Å². The van der Waals surface area contributed by atoms with E-state index >= 15 is 0 Å². The van der Waals surface area contributed by atoms with Crippen LogP contribution in [0.4, 0.5) is 0 Å². The molecule has 1 aromatic carbocycles. The number of carboxylic acids is 1. The lowest BCUT2D eigenvalue weighted by atomic mass is 9.98. The van der Waals surface area contributed by atoms with Crippen LogP contribution in [0.2, 0.25) is 0 Å². The first kappa shape index (κ1) is 18.2. The molecular formula is C19H26O3. The highest BCUT2D eigenvalue weighted by Crippen LogP contribution is 2.13. The van der Waals surface area contributed by atoms with Gasteiger partial charge in [-0.15, -0.1) is 0 Å². The van der Waals surface area contributed by atoms with E-state index in [2.05, 4.69) is 44.2 Å². The molecule has 0 aliphatic rings. The second-order valence-corrected chi connectivity index (χ2v) is 5.84. The predicted molar refractivity (Wildman–Crippen MR) is 89.7 cm³/mol. The van der Waals surface area contributed by atoms with E-state index in [-0.39, 0.29) is 6.42 Å². The molecule has 2 atom stereocenters. The number of carboxylic acid groups (broad SMARTS) is 1. The average molecular weight is 302 g/mol. The zero-order valence-corrected chi connectivity index (χ0v) is 13.4. The minimum Gasteiger partial charge on any atom is -0.481 e. The quantitative estimate of drug-likeness (QED) is 0.678. The van der Waals surface area contributed by atoms with Crippen molar-refractivity contribution in [3.8, 4) is 0 Å². The second-order valence-electron chi connectivity index (χ2n) is 5.84. The lowest BCUT2D eigenvalue weighted by Gasteiger charge is -2.08. The maximum absolute atomic E-state index is 10.4. The van der Waals surface area contributed by atoms with Crippen LogP contribution in [0.15, 0.2) is 54.1 Å². The van der Waals surface area contributed by atoms with Gasteiger partial charge in [0.05, 0.1) is 12.5 Å². The molecule has 0 bridgehead atoms. The maximum Gasteiger partial charge on any atom is 0.305 e. The van der Waals surface area contributed by atoms with E-state index < -0.39 is 12.1 Å². The molecule has 0 fully saturated rings. The molecule has 0 aliphatic heterocycles. The molecule has 0 unspecified atom stereocenters. The molecule has 0 aromatic heterocycles. The molecule has 3 heteroatoms. The Morgan fingerprint density at radius 3 is 2.55 bits per heavy atom. The van der Waals surface area contributed by atoms with Crippen molar-refractivity contribution < 1.29 is 15.0 Å². The molecule has 3 nitrogen and oxygen atoms in total. The molecule has 0 radical (unpaired) electrons. The summed E-state index contributed by atoms with van der Waals surface area (Å²) in [5.74, 6) is -0.486. The Labute approximate surface area is 133 Å². The third kappa shape index (κ3) is 8.42. The number of hydrogen-bond donors (Lipinski definition) is 2. The smallest absolute Gasteiger partial charge is 0.305 e. The monoisotopic (exact) mass is 302 g/mol. The molecule has 0 heterocycles. The first-order valence-corrected chi connectivity index (χ1v) is 7.73.